The molecule has 88 valence electrons. The van der Waals surface area contributed by atoms with Crippen LogP contribution in [-0.4, -0.2) is 18.2 Å². The second kappa shape index (κ2) is 5.18. The molecule has 1 atom stereocenters. The van der Waals surface area contributed by atoms with Gasteiger partial charge in [-0.3, -0.25) is 4.79 Å². The Morgan fingerprint density at radius 2 is 2.25 bits per heavy atom. The van der Waals surface area contributed by atoms with Crippen LogP contribution in [0.4, 0.5) is 0 Å². The molecule has 3 N–H and O–H groups in total. The van der Waals surface area contributed by atoms with Crippen molar-refractivity contribution in [2.24, 2.45) is 5.73 Å². The predicted octanol–water partition coefficient (Wildman–Crippen LogP) is 2.13. The van der Waals surface area contributed by atoms with E-state index in [1.807, 2.05) is 6.92 Å². The molecule has 0 amide bonds. The van der Waals surface area contributed by atoms with Gasteiger partial charge in [-0.25, -0.2) is 0 Å². The fourth-order valence-electron chi connectivity index (χ4n) is 1.47. The number of ether oxygens (including phenoxy) is 1. The molecule has 0 saturated carbocycles. The Balaban J connectivity index is 3.13. The Kier molecular flexibility index (Phi) is 4.15. The predicted molar refractivity (Wildman–Crippen MR) is 61.9 cm³/mol. The van der Waals surface area contributed by atoms with E-state index in [-0.39, 0.29) is 6.42 Å². The zero-order valence-corrected chi connectivity index (χ0v) is 9.91. The number of hydrogen-bond donors (Lipinski definition) is 2. The SMILES string of the molecule is COc1c(C(N)CC(=O)O)ccc(C)c1Cl. The topological polar surface area (TPSA) is 72.5 Å². The number of aliphatic carboxylic acids is 1. The smallest absolute Gasteiger partial charge is 0.305 e. The minimum Gasteiger partial charge on any atom is -0.495 e. The normalized spacial score (nSPS) is 12.2. The second-order valence-corrected chi connectivity index (χ2v) is 3.90. The van der Waals surface area contributed by atoms with Gasteiger partial charge in [-0.05, 0) is 12.5 Å². The van der Waals surface area contributed by atoms with Crippen LogP contribution in [0.5, 0.6) is 5.75 Å². The van der Waals surface area contributed by atoms with E-state index < -0.39 is 12.0 Å². The maximum Gasteiger partial charge on any atom is 0.305 e. The van der Waals surface area contributed by atoms with E-state index in [0.29, 0.717) is 16.3 Å². The highest BCUT2D eigenvalue weighted by molar-refractivity contribution is 6.33. The summed E-state index contributed by atoms with van der Waals surface area (Å²) < 4.78 is 5.15. The van der Waals surface area contributed by atoms with Gasteiger partial charge < -0.3 is 15.6 Å². The van der Waals surface area contributed by atoms with Crippen LogP contribution < -0.4 is 10.5 Å². The molecule has 5 heteroatoms. The van der Waals surface area contributed by atoms with Crippen LogP contribution in [0.2, 0.25) is 5.02 Å². The third-order valence-electron chi connectivity index (χ3n) is 2.32. The largest absolute Gasteiger partial charge is 0.495 e. The average Bonchev–Trinajstić information content (AvgIpc) is 2.20. The zero-order valence-electron chi connectivity index (χ0n) is 9.16. The number of carboxylic acids is 1. The molecule has 0 aliphatic carbocycles. The lowest BCUT2D eigenvalue weighted by atomic mass is 10.0. The van der Waals surface area contributed by atoms with Crippen molar-refractivity contribution in [1.82, 2.24) is 0 Å². The van der Waals surface area contributed by atoms with Crippen molar-refractivity contribution in [3.63, 3.8) is 0 Å². The van der Waals surface area contributed by atoms with Crippen LogP contribution in [0.1, 0.15) is 23.6 Å². The molecule has 16 heavy (non-hydrogen) atoms. The van der Waals surface area contributed by atoms with Crippen molar-refractivity contribution in [1.29, 1.82) is 0 Å². The number of benzene rings is 1. The highest BCUT2D eigenvalue weighted by Gasteiger charge is 2.18. The number of halogens is 1. The summed E-state index contributed by atoms with van der Waals surface area (Å²) in [5.74, 6) is -0.498. The summed E-state index contributed by atoms with van der Waals surface area (Å²) >= 11 is 6.05. The molecule has 4 nitrogen and oxygen atoms in total. The third kappa shape index (κ3) is 2.65. The Labute approximate surface area is 99.0 Å². The number of carboxylic acid groups (broad SMARTS) is 1. The van der Waals surface area contributed by atoms with Crippen molar-refractivity contribution < 1.29 is 14.6 Å². The van der Waals surface area contributed by atoms with E-state index in [0.717, 1.165) is 5.56 Å². The van der Waals surface area contributed by atoms with Crippen LogP contribution >= 0.6 is 11.6 Å². The van der Waals surface area contributed by atoms with Gasteiger partial charge in [0.05, 0.1) is 18.6 Å². The minimum absolute atomic E-state index is 0.157. The molecule has 0 aliphatic heterocycles. The highest BCUT2D eigenvalue weighted by Crippen LogP contribution is 2.35. The molecule has 1 aromatic rings. The number of hydrogen-bond acceptors (Lipinski definition) is 3. The quantitative estimate of drug-likeness (QED) is 0.850. The standard InChI is InChI=1S/C11H14ClNO3/c1-6-3-4-7(8(13)5-9(14)15)11(16-2)10(6)12/h3-4,8H,5,13H2,1-2H3,(H,14,15). The van der Waals surface area contributed by atoms with Crippen molar-refractivity contribution in [3.05, 3.63) is 28.3 Å². The number of rotatable bonds is 4. The monoisotopic (exact) mass is 243 g/mol. The molecule has 0 saturated heterocycles. The van der Waals surface area contributed by atoms with Crippen LogP contribution in [0, 0.1) is 6.92 Å². The molecule has 1 rings (SSSR count). The fourth-order valence-corrected chi connectivity index (χ4v) is 1.72. The first-order valence-electron chi connectivity index (χ1n) is 4.77. The lowest BCUT2D eigenvalue weighted by molar-refractivity contribution is -0.137. The van der Waals surface area contributed by atoms with Gasteiger partial charge in [-0.2, -0.15) is 0 Å². The Morgan fingerprint density at radius 3 is 2.75 bits per heavy atom. The summed E-state index contributed by atoms with van der Waals surface area (Å²) in [6.45, 7) is 1.84. The van der Waals surface area contributed by atoms with Gasteiger partial charge in [-0.1, -0.05) is 23.7 Å². The molecule has 1 aromatic carbocycles. The summed E-state index contributed by atoms with van der Waals surface area (Å²) in [6, 6.07) is 2.92. The van der Waals surface area contributed by atoms with Crippen molar-refractivity contribution >= 4 is 17.6 Å². The van der Waals surface area contributed by atoms with Gasteiger partial charge in [0.15, 0.2) is 0 Å². The van der Waals surface area contributed by atoms with Crippen LogP contribution in [-0.2, 0) is 4.79 Å². The van der Waals surface area contributed by atoms with Gasteiger partial charge in [0.2, 0.25) is 0 Å². The van der Waals surface area contributed by atoms with E-state index in [1.54, 1.807) is 12.1 Å². The first-order valence-corrected chi connectivity index (χ1v) is 5.15. The molecule has 0 aromatic heterocycles. The summed E-state index contributed by atoms with van der Waals surface area (Å²) in [4.78, 5) is 10.6. The van der Waals surface area contributed by atoms with Crippen molar-refractivity contribution in [2.75, 3.05) is 7.11 Å². The molecular formula is C11H14ClNO3. The maximum atomic E-state index is 10.6. The molecule has 0 aliphatic rings. The summed E-state index contributed by atoms with van der Waals surface area (Å²) in [6.07, 6.45) is -0.157. The Morgan fingerprint density at radius 1 is 1.62 bits per heavy atom. The van der Waals surface area contributed by atoms with Gasteiger partial charge in [0.1, 0.15) is 5.75 Å². The maximum absolute atomic E-state index is 10.6. The van der Waals surface area contributed by atoms with Crippen molar-refractivity contribution in [3.8, 4) is 5.75 Å². The van der Waals surface area contributed by atoms with Crippen LogP contribution in [0.3, 0.4) is 0 Å². The Hall–Kier alpha value is -1.26. The van der Waals surface area contributed by atoms with Gasteiger partial charge >= 0.3 is 5.97 Å². The first-order chi connectivity index (χ1) is 7.47. The van der Waals surface area contributed by atoms with E-state index in [2.05, 4.69) is 0 Å². The van der Waals surface area contributed by atoms with E-state index in [4.69, 9.17) is 27.2 Å². The van der Waals surface area contributed by atoms with Gasteiger partial charge in [-0.15, -0.1) is 0 Å². The van der Waals surface area contributed by atoms with Crippen LogP contribution in [0.25, 0.3) is 0 Å². The fraction of sp³-hybridized carbons (Fsp3) is 0.364. The summed E-state index contributed by atoms with van der Waals surface area (Å²) in [5.41, 5.74) is 7.25. The van der Waals surface area contributed by atoms with Gasteiger partial charge in [0, 0.05) is 11.6 Å². The van der Waals surface area contributed by atoms with Crippen LogP contribution in [0.15, 0.2) is 12.1 Å². The average molecular weight is 244 g/mol. The lowest BCUT2D eigenvalue weighted by Crippen LogP contribution is -2.16. The highest BCUT2D eigenvalue weighted by atomic mass is 35.5. The number of nitrogens with two attached hydrogens (primary N) is 1. The molecule has 0 spiro atoms. The second-order valence-electron chi connectivity index (χ2n) is 3.52. The zero-order chi connectivity index (χ0) is 12.3. The molecular weight excluding hydrogens is 230 g/mol. The molecule has 0 heterocycles. The Bertz CT molecular complexity index is 406. The van der Waals surface area contributed by atoms with Crippen molar-refractivity contribution in [2.45, 2.75) is 19.4 Å². The number of aryl methyl sites for hydroxylation is 1. The summed E-state index contributed by atoms with van der Waals surface area (Å²) in [7, 11) is 1.48. The van der Waals surface area contributed by atoms with E-state index >= 15 is 0 Å². The third-order valence-corrected chi connectivity index (χ3v) is 2.79. The first kappa shape index (κ1) is 12.8. The lowest BCUT2D eigenvalue weighted by Gasteiger charge is -2.16. The van der Waals surface area contributed by atoms with E-state index in [1.165, 1.54) is 7.11 Å². The number of methoxy groups -OCH3 is 1. The molecule has 1 unspecified atom stereocenters. The minimum atomic E-state index is -0.953. The molecule has 0 radical (unpaired) electrons. The van der Waals surface area contributed by atoms with Gasteiger partial charge in [0.25, 0.3) is 0 Å². The number of carbonyl (C=O) groups is 1. The summed E-state index contributed by atoms with van der Waals surface area (Å²) in [5, 5.41) is 9.15. The molecule has 0 fully saturated rings. The van der Waals surface area contributed by atoms with E-state index in [9.17, 15) is 4.79 Å². The molecule has 0 bridgehead atoms.